The van der Waals surface area contributed by atoms with E-state index >= 15 is 0 Å². The van der Waals surface area contributed by atoms with Gasteiger partial charge in [-0.05, 0) is 29.7 Å². The zero-order chi connectivity index (χ0) is 19.7. The topological polar surface area (TPSA) is 71.8 Å². The van der Waals surface area contributed by atoms with E-state index in [1.54, 1.807) is 0 Å². The Morgan fingerprint density at radius 1 is 1.14 bits per heavy atom. The van der Waals surface area contributed by atoms with Gasteiger partial charge in [-0.1, -0.05) is 67.9 Å². The molecule has 144 valence electrons. The molecule has 7 heteroatoms. The van der Waals surface area contributed by atoms with E-state index in [0.29, 0.717) is 16.9 Å². The van der Waals surface area contributed by atoms with Crippen molar-refractivity contribution in [2.45, 2.75) is 32.4 Å². The van der Waals surface area contributed by atoms with Gasteiger partial charge in [-0.3, -0.25) is 10.1 Å². The van der Waals surface area contributed by atoms with Gasteiger partial charge in [0.05, 0.1) is 12.1 Å². The Hall–Kier alpha value is -2.86. The first-order chi connectivity index (χ1) is 13.5. The standard InChI is InChI=1S/C21H22ClN5O/c1-13(2)19(28)24-20-25-21-23-17(14-8-10-16(22)11-9-14)12-18(27(21)26-20)15-6-4-3-5-7-15/h3-11,13,17-18H,12H2,1-2H3,(H2,23,24,25,26,28)/t17-,18-/m1/s1. The molecule has 0 unspecified atom stereocenters. The third kappa shape index (κ3) is 3.73. The predicted octanol–water partition coefficient (Wildman–Crippen LogP) is 4.67. The van der Waals surface area contributed by atoms with Gasteiger partial charge < -0.3 is 5.32 Å². The second kappa shape index (κ2) is 7.64. The maximum absolute atomic E-state index is 12.1. The fourth-order valence-electron chi connectivity index (χ4n) is 3.35. The van der Waals surface area contributed by atoms with Crippen molar-refractivity contribution < 1.29 is 4.79 Å². The molecule has 0 saturated carbocycles. The summed E-state index contributed by atoms with van der Waals surface area (Å²) < 4.78 is 1.86. The number of aromatic nitrogens is 3. The van der Waals surface area contributed by atoms with Crippen molar-refractivity contribution in [3.05, 3.63) is 70.7 Å². The average Bonchev–Trinajstić information content (AvgIpc) is 3.10. The zero-order valence-electron chi connectivity index (χ0n) is 15.8. The highest BCUT2D eigenvalue weighted by Crippen LogP contribution is 2.38. The molecule has 3 aromatic rings. The van der Waals surface area contributed by atoms with Crippen molar-refractivity contribution in [1.29, 1.82) is 0 Å². The molecule has 0 spiro atoms. The summed E-state index contributed by atoms with van der Waals surface area (Å²) in [6.45, 7) is 3.68. The van der Waals surface area contributed by atoms with Gasteiger partial charge in [0, 0.05) is 10.9 Å². The lowest BCUT2D eigenvalue weighted by Crippen LogP contribution is -2.28. The highest BCUT2D eigenvalue weighted by molar-refractivity contribution is 6.30. The normalized spacial score (nSPS) is 18.4. The highest BCUT2D eigenvalue weighted by atomic mass is 35.5. The number of halogens is 1. The lowest BCUT2D eigenvalue weighted by molar-refractivity contribution is -0.118. The minimum Gasteiger partial charge on any atom is -0.347 e. The van der Waals surface area contributed by atoms with E-state index in [1.807, 2.05) is 61.0 Å². The van der Waals surface area contributed by atoms with Crippen LogP contribution in [0.1, 0.15) is 43.5 Å². The van der Waals surface area contributed by atoms with Crippen molar-refractivity contribution in [1.82, 2.24) is 14.8 Å². The Kier molecular flexibility index (Phi) is 5.05. The Labute approximate surface area is 168 Å². The number of fused-ring (bicyclic) bond motifs is 1. The van der Waals surface area contributed by atoms with Crippen molar-refractivity contribution >= 4 is 29.4 Å². The number of amides is 1. The molecule has 2 N–H and O–H groups in total. The van der Waals surface area contributed by atoms with E-state index < -0.39 is 0 Å². The SMILES string of the molecule is CC(C)C(=O)Nc1nc2n(n1)[C@@H](c1ccccc1)C[C@H](c1ccc(Cl)cc1)N2. The average molecular weight is 396 g/mol. The summed E-state index contributed by atoms with van der Waals surface area (Å²) in [7, 11) is 0. The van der Waals surface area contributed by atoms with Crippen molar-refractivity contribution in [3.8, 4) is 0 Å². The first-order valence-electron chi connectivity index (χ1n) is 9.35. The molecule has 2 aromatic carbocycles. The smallest absolute Gasteiger partial charge is 0.250 e. The van der Waals surface area contributed by atoms with Gasteiger partial charge in [-0.25, -0.2) is 4.68 Å². The van der Waals surface area contributed by atoms with Crippen LogP contribution in [0.4, 0.5) is 11.9 Å². The van der Waals surface area contributed by atoms with Crippen LogP contribution in [0.2, 0.25) is 5.02 Å². The minimum atomic E-state index is -0.139. The molecule has 1 aliphatic rings. The number of hydrogen-bond acceptors (Lipinski definition) is 4. The first kappa shape index (κ1) is 18.5. The van der Waals surface area contributed by atoms with E-state index in [0.717, 1.165) is 17.5 Å². The Bertz CT molecular complexity index is 968. The van der Waals surface area contributed by atoms with Gasteiger partial charge in [0.15, 0.2) is 0 Å². The van der Waals surface area contributed by atoms with E-state index in [9.17, 15) is 4.79 Å². The molecule has 1 aliphatic heterocycles. The zero-order valence-corrected chi connectivity index (χ0v) is 16.5. The van der Waals surface area contributed by atoms with Crippen LogP contribution >= 0.6 is 11.6 Å². The second-order valence-electron chi connectivity index (χ2n) is 7.26. The number of rotatable bonds is 4. The van der Waals surface area contributed by atoms with Crippen LogP contribution < -0.4 is 10.6 Å². The number of hydrogen-bond donors (Lipinski definition) is 2. The largest absolute Gasteiger partial charge is 0.347 e. The summed E-state index contributed by atoms with van der Waals surface area (Å²) in [5.74, 6) is 0.715. The maximum Gasteiger partial charge on any atom is 0.250 e. The third-order valence-corrected chi connectivity index (χ3v) is 5.16. The van der Waals surface area contributed by atoms with Crippen LogP contribution in [0, 0.1) is 5.92 Å². The summed E-state index contributed by atoms with van der Waals surface area (Å²) in [6.07, 6.45) is 0.805. The monoisotopic (exact) mass is 395 g/mol. The first-order valence-corrected chi connectivity index (χ1v) is 9.73. The van der Waals surface area contributed by atoms with Crippen LogP contribution in [0.25, 0.3) is 0 Å². The maximum atomic E-state index is 12.1. The molecule has 0 radical (unpaired) electrons. The van der Waals surface area contributed by atoms with Crippen molar-refractivity contribution in [2.75, 3.05) is 10.6 Å². The number of anilines is 2. The lowest BCUT2D eigenvalue weighted by atomic mass is 9.93. The molecule has 1 aromatic heterocycles. The van der Waals surface area contributed by atoms with E-state index in [1.165, 1.54) is 0 Å². The van der Waals surface area contributed by atoms with Gasteiger partial charge in [-0.2, -0.15) is 4.98 Å². The van der Waals surface area contributed by atoms with Crippen LogP contribution in [0.3, 0.4) is 0 Å². The number of carbonyl (C=O) groups is 1. The van der Waals surface area contributed by atoms with Gasteiger partial charge in [0.2, 0.25) is 11.9 Å². The fourth-order valence-corrected chi connectivity index (χ4v) is 3.48. The third-order valence-electron chi connectivity index (χ3n) is 4.90. The van der Waals surface area contributed by atoms with E-state index in [-0.39, 0.29) is 23.9 Å². The Morgan fingerprint density at radius 2 is 1.86 bits per heavy atom. The molecule has 0 bridgehead atoms. The molecule has 4 rings (SSSR count). The van der Waals surface area contributed by atoms with Crippen LogP contribution in [-0.2, 0) is 4.79 Å². The van der Waals surface area contributed by atoms with Crippen molar-refractivity contribution in [2.24, 2.45) is 5.92 Å². The number of carbonyl (C=O) groups excluding carboxylic acids is 1. The molecule has 1 amide bonds. The second-order valence-corrected chi connectivity index (χ2v) is 7.69. The molecule has 0 fully saturated rings. The van der Waals surface area contributed by atoms with Crippen LogP contribution in [-0.4, -0.2) is 20.7 Å². The van der Waals surface area contributed by atoms with Gasteiger partial charge in [0.1, 0.15) is 0 Å². The lowest BCUT2D eigenvalue weighted by Gasteiger charge is -2.31. The molecular weight excluding hydrogens is 374 g/mol. The Morgan fingerprint density at radius 3 is 2.54 bits per heavy atom. The van der Waals surface area contributed by atoms with Crippen LogP contribution in [0.15, 0.2) is 54.6 Å². The predicted molar refractivity (Wildman–Crippen MR) is 111 cm³/mol. The number of benzene rings is 2. The van der Waals surface area contributed by atoms with Crippen molar-refractivity contribution in [3.63, 3.8) is 0 Å². The molecule has 6 nitrogen and oxygen atoms in total. The molecule has 0 aliphatic carbocycles. The molecule has 2 heterocycles. The highest BCUT2D eigenvalue weighted by Gasteiger charge is 2.31. The summed E-state index contributed by atoms with van der Waals surface area (Å²) in [5, 5.41) is 11.5. The van der Waals surface area contributed by atoms with Gasteiger partial charge in [-0.15, -0.1) is 5.10 Å². The summed E-state index contributed by atoms with van der Waals surface area (Å²) >= 11 is 6.05. The molecular formula is C21H22ClN5O. The molecule has 2 atom stereocenters. The van der Waals surface area contributed by atoms with Gasteiger partial charge in [0.25, 0.3) is 5.95 Å². The molecule has 28 heavy (non-hydrogen) atoms. The van der Waals surface area contributed by atoms with E-state index in [4.69, 9.17) is 11.6 Å². The number of nitrogens with zero attached hydrogens (tertiary/aromatic N) is 3. The molecule has 0 saturated heterocycles. The summed E-state index contributed by atoms with van der Waals surface area (Å²) in [6, 6.07) is 18.1. The van der Waals surface area contributed by atoms with E-state index in [2.05, 4.69) is 32.8 Å². The fraction of sp³-hybridized carbons (Fsp3) is 0.286. The van der Waals surface area contributed by atoms with Crippen LogP contribution in [0.5, 0.6) is 0 Å². The summed E-state index contributed by atoms with van der Waals surface area (Å²) in [4.78, 5) is 16.6. The van der Waals surface area contributed by atoms with Gasteiger partial charge >= 0.3 is 0 Å². The number of nitrogens with one attached hydrogen (secondary N) is 2. The summed E-state index contributed by atoms with van der Waals surface area (Å²) in [5.41, 5.74) is 2.28. The quantitative estimate of drug-likeness (QED) is 0.673. The minimum absolute atomic E-state index is 0.00956. The Balaban J connectivity index is 1.70.